The molecule has 1 amide bonds. The van der Waals surface area contributed by atoms with Gasteiger partial charge in [-0.25, -0.2) is 0 Å². The lowest BCUT2D eigenvalue weighted by molar-refractivity contribution is -0.121. The highest BCUT2D eigenvalue weighted by Crippen LogP contribution is 2.24. The molecule has 2 unspecified atom stereocenters. The van der Waals surface area contributed by atoms with Crippen LogP contribution in [-0.4, -0.2) is 11.9 Å². The van der Waals surface area contributed by atoms with Crippen molar-refractivity contribution < 1.29 is 4.79 Å². The number of thiol groups is 1. The van der Waals surface area contributed by atoms with Crippen LogP contribution in [-0.2, 0) is 11.2 Å². The molecule has 0 aliphatic heterocycles. The van der Waals surface area contributed by atoms with E-state index >= 15 is 0 Å². The van der Waals surface area contributed by atoms with Gasteiger partial charge in [-0.15, -0.1) is 12.6 Å². The molecule has 1 fully saturated rings. The van der Waals surface area contributed by atoms with Crippen molar-refractivity contribution in [1.82, 2.24) is 5.32 Å². The zero-order valence-corrected chi connectivity index (χ0v) is 11.0. The van der Waals surface area contributed by atoms with Crippen molar-refractivity contribution in [2.24, 2.45) is 5.92 Å². The third-order valence-corrected chi connectivity index (χ3v) is 3.66. The van der Waals surface area contributed by atoms with Crippen molar-refractivity contribution in [3.05, 3.63) is 29.8 Å². The molecular formula is C14H19NOS. The number of rotatable bonds is 3. The Kier molecular flexibility index (Phi) is 4.11. The highest BCUT2D eigenvalue weighted by molar-refractivity contribution is 7.80. The summed E-state index contributed by atoms with van der Waals surface area (Å²) in [4.78, 5) is 12.8. The van der Waals surface area contributed by atoms with Crippen LogP contribution in [0.25, 0.3) is 0 Å². The van der Waals surface area contributed by atoms with Gasteiger partial charge in [0.1, 0.15) is 0 Å². The summed E-state index contributed by atoms with van der Waals surface area (Å²) < 4.78 is 0. The monoisotopic (exact) mass is 249 g/mol. The molecule has 1 aliphatic rings. The summed E-state index contributed by atoms with van der Waals surface area (Å²) in [7, 11) is 0. The Morgan fingerprint density at radius 1 is 1.35 bits per heavy atom. The molecule has 2 nitrogen and oxygen atoms in total. The lowest BCUT2D eigenvalue weighted by Crippen LogP contribution is -2.34. The average molecular weight is 249 g/mol. The fourth-order valence-corrected chi connectivity index (χ4v) is 2.57. The Balaban J connectivity index is 1.83. The first-order valence-corrected chi connectivity index (χ1v) is 6.65. The number of amides is 1. The predicted octanol–water partition coefficient (Wildman–Crippen LogP) is 2.82. The van der Waals surface area contributed by atoms with E-state index in [4.69, 9.17) is 0 Å². The van der Waals surface area contributed by atoms with Gasteiger partial charge in [-0.1, -0.05) is 19.1 Å². The molecule has 17 heavy (non-hydrogen) atoms. The van der Waals surface area contributed by atoms with Crippen LogP contribution in [0.1, 0.15) is 31.7 Å². The Morgan fingerprint density at radius 3 is 2.65 bits per heavy atom. The van der Waals surface area contributed by atoms with E-state index in [0.29, 0.717) is 12.5 Å². The standard InChI is InChI=1S/C14H19NOS/c1-10-2-5-12(8-10)15-14(16)9-11-3-6-13(17)7-4-11/h3-4,6-7,10,12,17H,2,5,8-9H2,1H3,(H,15,16). The van der Waals surface area contributed by atoms with Crippen molar-refractivity contribution in [1.29, 1.82) is 0 Å². The predicted molar refractivity (Wildman–Crippen MR) is 72.3 cm³/mol. The fourth-order valence-electron chi connectivity index (χ4n) is 2.42. The van der Waals surface area contributed by atoms with Crippen molar-refractivity contribution >= 4 is 18.5 Å². The van der Waals surface area contributed by atoms with Crippen molar-refractivity contribution in [3.8, 4) is 0 Å². The minimum absolute atomic E-state index is 0.135. The van der Waals surface area contributed by atoms with Gasteiger partial charge in [0.05, 0.1) is 6.42 Å². The van der Waals surface area contributed by atoms with Gasteiger partial charge in [0.25, 0.3) is 0 Å². The third-order valence-electron chi connectivity index (χ3n) is 3.36. The smallest absolute Gasteiger partial charge is 0.224 e. The van der Waals surface area contributed by atoms with Crippen LogP contribution in [0.15, 0.2) is 29.2 Å². The highest BCUT2D eigenvalue weighted by atomic mass is 32.1. The largest absolute Gasteiger partial charge is 0.353 e. The zero-order valence-electron chi connectivity index (χ0n) is 10.1. The molecule has 1 aromatic carbocycles. The normalized spacial score (nSPS) is 23.6. The summed E-state index contributed by atoms with van der Waals surface area (Å²) >= 11 is 4.23. The van der Waals surface area contributed by atoms with Gasteiger partial charge in [0.15, 0.2) is 0 Å². The lowest BCUT2D eigenvalue weighted by Gasteiger charge is -2.12. The topological polar surface area (TPSA) is 29.1 Å². The third kappa shape index (κ3) is 3.77. The summed E-state index contributed by atoms with van der Waals surface area (Å²) in [6.07, 6.45) is 3.96. The molecule has 0 heterocycles. The molecule has 0 aromatic heterocycles. The van der Waals surface area contributed by atoms with E-state index in [1.807, 2.05) is 24.3 Å². The van der Waals surface area contributed by atoms with E-state index in [9.17, 15) is 4.79 Å². The van der Waals surface area contributed by atoms with E-state index in [1.165, 1.54) is 6.42 Å². The first-order chi connectivity index (χ1) is 8.13. The minimum atomic E-state index is 0.135. The van der Waals surface area contributed by atoms with Crippen LogP contribution in [0.3, 0.4) is 0 Å². The molecule has 0 bridgehead atoms. The van der Waals surface area contributed by atoms with Gasteiger partial charge < -0.3 is 5.32 Å². The SMILES string of the molecule is CC1CCC(NC(=O)Cc2ccc(S)cc2)C1. The molecule has 2 atom stereocenters. The second-order valence-electron chi connectivity index (χ2n) is 5.03. The first-order valence-electron chi connectivity index (χ1n) is 6.21. The fraction of sp³-hybridized carbons (Fsp3) is 0.500. The van der Waals surface area contributed by atoms with E-state index < -0.39 is 0 Å². The summed E-state index contributed by atoms with van der Waals surface area (Å²) in [5, 5.41) is 3.11. The molecule has 0 radical (unpaired) electrons. The quantitative estimate of drug-likeness (QED) is 0.793. The number of benzene rings is 1. The summed E-state index contributed by atoms with van der Waals surface area (Å²) in [5.41, 5.74) is 1.05. The first kappa shape index (κ1) is 12.5. The molecular weight excluding hydrogens is 230 g/mol. The number of carbonyl (C=O) groups is 1. The van der Waals surface area contributed by atoms with Crippen LogP contribution in [0.5, 0.6) is 0 Å². The maximum Gasteiger partial charge on any atom is 0.224 e. The summed E-state index contributed by atoms with van der Waals surface area (Å²) in [5.74, 6) is 0.889. The van der Waals surface area contributed by atoms with Gasteiger partial charge in [-0.2, -0.15) is 0 Å². The Bertz CT molecular complexity index is 388. The highest BCUT2D eigenvalue weighted by Gasteiger charge is 2.22. The maximum absolute atomic E-state index is 11.8. The van der Waals surface area contributed by atoms with E-state index in [1.54, 1.807) is 0 Å². The van der Waals surface area contributed by atoms with Gasteiger partial charge in [0.2, 0.25) is 5.91 Å². The summed E-state index contributed by atoms with van der Waals surface area (Å²) in [6.45, 7) is 2.25. The van der Waals surface area contributed by atoms with E-state index in [0.717, 1.165) is 29.2 Å². The second-order valence-corrected chi connectivity index (χ2v) is 5.54. The zero-order chi connectivity index (χ0) is 12.3. The average Bonchev–Trinajstić information content (AvgIpc) is 2.67. The van der Waals surface area contributed by atoms with Gasteiger partial charge in [0, 0.05) is 10.9 Å². The van der Waals surface area contributed by atoms with Crippen LogP contribution in [0.2, 0.25) is 0 Å². The molecule has 1 saturated carbocycles. The van der Waals surface area contributed by atoms with Crippen LogP contribution >= 0.6 is 12.6 Å². The van der Waals surface area contributed by atoms with Crippen molar-refractivity contribution in [3.63, 3.8) is 0 Å². The number of hydrogen-bond acceptors (Lipinski definition) is 2. The van der Waals surface area contributed by atoms with Gasteiger partial charge in [-0.3, -0.25) is 4.79 Å². The molecule has 2 rings (SSSR count). The minimum Gasteiger partial charge on any atom is -0.353 e. The Labute approximate surface area is 108 Å². The molecule has 1 N–H and O–H groups in total. The van der Waals surface area contributed by atoms with Crippen LogP contribution in [0, 0.1) is 5.92 Å². The van der Waals surface area contributed by atoms with Crippen LogP contribution < -0.4 is 5.32 Å². The Hall–Kier alpha value is -0.960. The van der Waals surface area contributed by atoms with Gasteiger partial charge in [-0.05, 0) is 42.9 Å². The van der Waals surface area contributed by atoms with Crippen LogP contribution in [0.4, 0.5) is 0 Å². The molecule has 1 aliphatic carbocycles. The number of nitrogens with one attached hydrogen (secondary N) is 1. The Morgan fingerprint density at radius 2 is 2.06 bits per heavy atom. The van der Waals surface area contributed by atoms with E-state index in [-0.39, 0.29) is 5.91 Å². The van der Waals surface area contributed by atoms with Crippen molar-refractivity contribution in [2.75, 3.05) is 0 Å². The lowest BCUT2D eigenvalue weighted by atomic mass is 10.1. The molecule has 1 aromatic rings. The molecule has 3 heteroatoms. The molecule has 92 valence electrons. The van der Waals surface area contributed by atoms with Gasteiger partial charge >= 0.3 is 0 Å². The number of carbonyl (C=O) groups excluding carboxylic acids is 1. The van der Waals surface area contributed by atoms with Crippen molar-refractivity contribution in [2.45, 2.75) is 43.5 Å². The van der Waals surface area contributed by atoms with E-state index in [2.05, 4.69) is 24.9 Å². The second kappa shape index (κ2) is 5.58. The summed E-state index contributed by atoms with van der Waals surface area (Å²) in [6, 6.07) is 8.15. The molecule has 0 saturated heterocycles. The maximum atomic E-state index is 11.8. The number of hydrogen-bond donors (Lipinski definition) is 2. The molecule has 0 spiro atoms.